The first kappa shape index (κ1) is 13.7. The lowest BCUT2D eigenvalue weighted by molar-refractivity contribution is 0.254. The first-order chi connectivity index (χ1) is 9.72. The summed E-state index contributed by atoms with van der Waals surface area (Å²) in [7, 11) is 2.24. The average molecular weight is 290 g/mol. The van der Waals surface area contributed by atoms with Gasteiger partial charge in [0.1, 0.15) is 6.07 Å². The summed E-state index contributed by atoms with van der Waals surface area (Å²) in [5, 5.41) is 9.39. The number of alkyl halides is 1. The minimum absolute atomic E-state index is 0.461. The highest BCUT2D eigenvalue weighted by Gasteiger charge is 2.35. The maximum Gasteiger partial charge on any atom is 0.101 e. The fraction of sp³-hybridized carbons (Fsp3) is 0.562. The SMILES string of the molecule is CN1C2CCC1CN(c1ccc(CCl)cc1C#N)CC2. The lowest BCUT2D eigenvalue weighted by atomic mass is 10.1. The van der Waals surface area contributed by atoms with Crippen molar-refractivity contribution < 1.29 is 0 Å². The van der Waals surface area contributed by atoms with Crippen LogP contribution in [0, 0.1) is 11.3 Å². The molecular weight excluding hydrogens is 270 g/mol. The van der Waals surface area contributed by atoms with Gasteiger partial charge in [-0.3, -0.25) is 4.90 Å². The van der Waals surface area contributed by atoms with Gasteiger partial charge in [-0.2, -0.15) is 5.26 Å². The quantitative estimate of drug-likeness (QED) is 0.784. The minimum atomic E-state index is 0.461. The van der Waals surface area contributed by atoms with E-state index in [0.29, 0.717) is 11.9 Å². The molecule has 106 valence electrons. The third-order valence-electron chi connectivity index (χ3n) is 4.82. The Labute approximate surface area is 125 Å². The molecule has 0 radical (unpaired) electrons. The zero-order valence-electron chi connectivity index (χ0n) is 11.8. The molecule has 3 rings (SSSR count). The van der Waals surface area contributed by atoms with Crippen LogP contribution in [0.15, 0.2) is 18.2 Å². The van der Waals surface area contributed by atoms with E-state index in [4.69, 9.17) is 11.6 Å². The molecule has 4 heteroatoms. The van der Waals surface area contributed by atoms with Crippen LogP contribution in [0.5, 0.6) is 0 Å². The summed E-state index contributed by atoms with van der Waals surface area (Å²) in [4.78, 5) is 4.91. The molecule has 2 saturated heterocycles. The molecule has 2 heterocycles. The molecule has 3 nitrogen and oxygen atoms in total. The van der Waals surface area contributed by atoms with E-state index in [0.717, 1.165) is 35.9 Å². The largest absolute Gasteiger partial charge is 0.369 e. The van der Waals surface area contributed by atoms with Crippen molar-refractivity contribution >= 4 is 17.3 Å². The van der Waals surface area contributed by atoms with E-state index in [1.807, 2.05) is 12.1 Å². The number of nitrogens with zero attached hydrogens (tertiary/aromatic N) is 3. The van der Waals surface area contributed by atoms with Gasteiger partial charge in [0.05, 0.1) is 11.3 Å². The van der Waals surface area contributed by atoms with Gasteiger partial charge in [-0.25, -0.2) is 0 Å². The molecule has 2 atom stereocenters. The van der Waals surface area contributed by atoms with Crippen molar-refractivity contribution in [2.24, 2.45) is 0 Å². The fourth-order valence-electron chi connectivity index (χ4n) is 3.56. The van der Waals surface area contributed by atoms with Gasteiger partial charge >= 0.3 is 0 Å². The fourth-order valence-corrected chi connectivity index (χ4v) is 3.73. The molecule has 2 bridgehead atoms. The molecule has 2 fully saturated rings. The van der Waals surface area contributed by atoms with Gasteiger partial charge in [-0.15, -0.1) is 11.6 Å². The molecule has 0 amide bonds. The predicted octanol–water partition coefficient (Wildman–Crippen LogP) is 2.97. The Hall–Kier alpha value is -1.24. The summed E-state index contributed by atoms with van der Waals surface area (Å²) in [6.07, 6.45) is 3.79. The second-order valence-electron chi connectivity index (χ2n) is 5.88. The predicted molar refractivity (Wildman–Crippen MR) is 82.1 cm³/mol. The topological polar surface area (TPSA) is 30.3 Å². The standard InChI is InChI=1S/C16H20ClN3/c1-19-14-3-4-15(19)11-20(7-6-14)16-5-2-12(9-17)8-13(16)10-18/h2,5,8,14-15H,3-4,6-7,9,11H2,1H3. The molecule has 0 N–H and O–H groups in total. The van der Waals surface area contributed by atoms with Crippen LogP contribution in [0.4, 0.5) is 5.69 Å². The smallest absolute Gasteiger partial charge is 0.101 e. The number of likely N-dealkylation sites (N-methyl/N-ethyl adjacent to an activating group) is 1. The van der Waals surface area contributed by atoms with Crippen molar-refractivity contribution in [3.8, 4) is 6.07 Å². The zero-order valence-corrected chi connectivity index (χ0v) is 12.6. The number of benzene rings is 1. The van der Waals surface area contributed by atoms with Crippen molar-refractivity contribution in [3.63, 3.8) is 0 Å². The molecule has 0 saturated carbocycles. The van der Waals surface area contributed by atoms with Crippen LogP contribution in [-0.2, 0) is 5.88 Å². The Morgan fingerprint density at radius 3 is 2.85 bits per heavy atom. The maximum absolute atomic E-state index is 9.39. The van der Waals surface area contributed by atoms with Gasteiger partial charge in [0, 0.05) is 31.1 Å². The van der Waals surface area contributed by atoms with Gasteiger partial charge in [0.25, 0.3) is 0 Å². The second-order valence-corrected chi connectivity index (χ2v) is 6.15. The van der Waals surface area contributed by atoms with Gasteiger partial charge in [0.15, 0.2) is 0 Å². The number of hydrogen-bond acceptors (Lipinski definition) is 3. The first-order valence-corrected chi connectivity index (χ1v) is 7.82. The molecule has 1 aromatic carbocycles. The molecule has 1 aromatic rings. The molecule has 0 aliphatic carbocycles. The normalized spacial score (nSPS) is 26.4. The monoisotopic (exact) mass is 289 g/mol. The second kappa shape index (κ2) is 5.63. The summed E-state index contributed by atoms with van der Waals surface area (Å²) in [6, 6.07) is 9.70. The summed E-state index contributed by atoms with van der Waals surface area (Å²) in [6.45, 7) is 2.07. The highest BCUT2D eigenvalue weighted by molar-refractivity contribution is 6.17. The molecule has 2 unspecified atom stereocenters. The van der Waals surface area contributed by atoms with Gasteiger partial charge in [0.2, 0.25) is 0 Å². The number of hydrogen-bond donors (Lipinski definition) is 0. The van der Waals surface area contributed by atoms with Crippen molar-refractivity contribution in [3.05, 3.63) is 29.3 Å². The van der Waals surface area contributed by atoms with Gasteiger partial charge in [-0.1, -0.05) is 6.07 Å². The van der Waals surface area contributed by atoms with Crippen LogP contribution in [-0.4, -0.2) is 37.1 Å². The van der Waals surface area contributed by atoms with E-state index in [-0.39, 0.29) is 0 Å². The van der Waals surface area contributed by atoms with E-state index in [1.165, 1.54) is 19.3 Å². The number of anilines is 1. The first-order valence-electron chi connectivity index (χ1n) is 7.29. The number of fused-ring (bicyclic) bond motifs is 2. The molecular formula is C16H20ClN3. The van der Waals surface area contributed by atoms with E-state index >= 15 is 0 Å². The summed E-state index contributed by atoms with van der Waals surface area (Å²) in [5.41, 5.74) is 2.84. The highest BCUT2D eigenvalue weighted by atomic mass is 35.5. The maximum atomic E-state index is 9.39. The van der Waals surface area contributed by atoms with E-state index < -0.39 is 0 Å². The Balaban J connectivity index is 1.88. The number of nitriles is 1. The number of halogens is 1. The Kier molecular flexibility index (Phi) is 3.87. The van der Waals surface area contributed by atoms with E-state index in [2.05, 4.69) is 29.0 Å². The van der Waals surface area contributed by atoms with E-state index in [9.17, 15) is 5.26 Å². The molecule has 2 aliphatic heterocycles. The van der Waals surface area contributed by atoms with E-state index in [1.54, 1.807) is 0 Å². The minimum Gasteiger partial charge on any atom is -0.369 e. The Morgan fingerprint density at radius 2 is 2.10 bits per heavy atom. The van der Waals surface area contributed by atoms with Gasteiger partial charge in [-0.05, 0) is 44.0 Å². The Bertz CT molecular complexity index is 537. The van der Waals surface area contributed by atoms with Crippen LogP contribution < -0.4 is 4.90 Å². The van der Waals surface area contributed by atoms with Crippen LogP contribution in [0.2, 0.25) is 0 Å². The van der Waals surface area contributed by atoms with Crippen molar-refractivity contribution in [1.29, 1.82) is 5.26 Å². The van der Waals surface area contributed by atoms with Crippen molar-refractivity contribution in [2.75, 3.05) is 25.0 Å². The van der Waals surface area contributed by atoms with Crippen molar-refractivity contribution in [1.82, 2.24) is 4.90 Å². The average Bonchev–Trinajstić information content (AvgIpc) is 2.72. The Morgan fingerprint density at radius 1 is 1.30 bits per heavy atom. The molecule has 0 aromatic heterocycles. The van der Waals surface area contributed by atoms with Gasteiger partial charge < -0.3 is 4.90 Å². The lowest BCUT2D eigenvalue weighted by Gasteiger charge is -2.28. The van der Waals surface area contributed by atoms with Crippen LogP contribution in [0.25, 0.3) is 0 Å². The third kappa shape index (κ3) is 2.39. The highest BCUT2D eigenvalue weighted by Crippen LogP contribution is 2.32. The van der Waals surface area contributed by atoms with Crippen LogP contribution in [0.3, 0.4) is 0 Å². The summed E-state index contributed by atoms with van der Waals surface area (Å²) >= 11 is 5.86. The number of rotatable bonds is 2. The zero-order chi connectivity index (χ0) is 14.1. The molecule has 0 spiro atoms. The van der Waals surface area contributed by atoms with Crippen LogP contribution >= 0.6 is 11.6 Å². The molecule has 20 heavy (non-hydrogen) atoms. The molecule has 2 aliphatic rings. The third-order valence-corrected chi connectivity index (χ3v) is 5.13. The van der Waals surface area contributed by atoms with Crippen LogP contribution in [0.1, 0.15) is 30.4 Å². The summed E-state index contributed by atoms with van der Waals surface area (Å²) < 4.78 is 0. The summed E-state index contributed by atoms with van der Waals surface area (Å²) in [5.74, 6) is 0.461. The lowest BCUT2D eigenvalue weighted by Crippen LogP contribution is -2.36. The van der Waals surface area contributed by atoms with Crippen molar-refractivity contribution in [2.45, 2.75) is 37.2 Å².